The minimum absolute atomic E-state index is 0.0575. The predicted molar refractivity (Wildman–Crippen MR) is 152 cm³/mol. The van der Waals surface area contributed by atoms with Crippen molar-refractivity contribution in [2.45, 2.75) is 59.5 Å². The number of fused-ring (bicyclic) bond motifs is 1. The zero-order valence-electron chi connectivity index (χ0n) is 23.6. The fraction of sp³-hybridized carbons (Fsp3) is 0.567. The van der Waals surface area contributed by atoms with Crippen molar-refractivity contribution in [2.75, 3.05) is 52.9 Å². The Hall–Kier alpha value is -2.77. The van der Waals surface area contributed by atoms with Crippen molar-refractivity contribution in [3.8, 4) is 5.75 Å². The summed E-state index contributed by atoms with van der Waals surface area (Å²) in [6.07, 6.45) is 6.40. The van der Waals surface area contributed by atoms with E-state index in [2.05, 4.69) is 91.1 Å². The van der Waals surface area contributed by atoms with Gasteiger partial charge < -0.3 is 24.8 Å². The molecule has 1 aromatic heterocycles. The van der Waals surface area contributed by atoms with Gasteiger partial charge in [0.25, 0.3) is 5.91 Å². The van der Waals surface area contributed by atoms with E-state index in [-0.39, 0.29) is 11.9 Å². The summed E-state index contributed by atoms with van der Waals surface area (Å²) in [6, 6.07) is 6.55. The number of carbonyl (C=O) groups excluding carboxylic acids is 1. The van der Waals surface area contributed by atoms with Crippen LogP contribution in [0, 0.1) is 0 Å². The SMILES string of the molecule is CCCC1=C(CNC(=O)c2cc(OCCN3CCN(C)CC3)cc3c2ccn3C(C)C)C(C)NC(C)=C1. The Morgan fingerprint density at radius 1 is 1.22 bits per heavy atom. The molecule has 0 bridgehead atoms. The molecule has 2 aromatic rings. The van der Waals surface area contributed by atoms with E-state index in [9.17, 15) is 4.79 Å². The number of ether oxygens (including phenoxy) is 1. The lowest BCUT2D eigenvalue weighted by Crippen LogP contribution is -2.45. The monoisotopic (exact) mass is 507 g/mol. The van der Waals surface area contributed by atoms with Crippen LogP contribution in [-0.2, 0) is 0 Å². The van der Waals surface area contributed by atoms with E-state index in [1.54, 1.807) is 0 Å². The molecule has 1 fully saturated rings. The van der Waals surface area contributed by atoms with E-state index in [4.69, 9.17) is 4.74 Å². The van der Waals surface area contributed by atoms with E-state index < -0.39 is 0 Å². The Balaban J connectivity index is 1.53. The molecule has 1 aromatic carbocycles. The minimum atomic E-state index is -0.0575. The van der Waals surface area contributed by atoms with E-state index >= 15 is 0 Å². The number of allylic oxidation sites excluding steroid dienone is 3. The molecular formula is C30H45N5O2. The summed E-state index contributed by atoms with van der Waals surface area (Å²) >= 11 is 0. The lowest BCUT2D eigenvalue weighted by molar-refractivity contribution is 0.0957. The van der Waals surface area contributed by atoms with Gasteiger partial charge in [-0.15, -0.1) is 0 Å². The molecule has 0 radical (unpaired) electrons. The van der Waals surface area contributed by atoms with Gasteiger partial charge in [0.2, 0.25) is 0 Å². The van der Waals surface area contributed by atoms with Crippen LogP contribution in [0.5, 0.6) is 5.75 Å². The summed E-state index contributed by atoms with van der Waals surface area (Å²) in [5, 5.41) is 7.70. The number of nitrogens with zero attached hydrogens (tertiary/aromatic N) is 3. The molecule has 1 atom stereocenters. The molecule has 4 rings (SSSR count). The van der Waals surface area contributed by atoms with Gasteiger partial charge in [0.05, 0.1) is 11.1 Å². The summed E-state index contributed by atoms with van der Waals surface area (Å²) in [4.78, 5) is 18.4. The molecule has 7 heteroatoms. The van der Waals surface area contributed by atoms with Crippen LogP contribution in [0.25, 0.3) is 10.9 Å². The highest BCUT2D eigenvalue weighted by Crippen LogP contribution is 2.29. The van der Waals surface area contributed by atoms with Crippen molar-refractivity contribution in [3.63, 3.8) is 0 Å². The summed E-state index contributed by atoms with van der Waals surface area (Å²) in [5.74, 6) is 0.697. The van der Waals surface area contributed by atoms with Gasteiger partial charge in [0.15, 0.2) is 0 Å². The normalized spacial score (nSPS) is 19.3. The van der Waals surface area contributed by atoms with Crippen molar-refractivity contribution in [1.82, 2.24) is 25.0 Å². The first-order chi connectivity index (χ1) is 17.8. The van der Waals surface area contributed by atoms with Gasteiger partial charge in [0, 0.05) is 74.7 Å². The van der Waals surface area contributed by atoms with Gasteiger partial charge in [-0.2, -0.15) is 0 Å². The average molecular weight is 508 g/mol. The summed E-state index contributed by atoms with van der Waals surface area (Å²) in [6.45, 7) is 17.2. The second-order valence-electron chi connectivity index (χ2n) is 10.9. The van der Waals surface area contributed by atoms with Gasteiger partial charge in [-0.3, -0.25) is 9.69 Å². The average Bonchev–Trinajstić information content (AvgIpc) is 3.28. The maximum Gasteiger partial charge on any atom is 0.252 e. The molecule has 1 amide bonds. The van der Waals surface area contributed by atoms with Crippen LogP contribution in [0.2, 0.25) is 0 Å². The zero-order valence-corrected chi connectivity index (χ0v) is 23.6. The molecule has 2 aliphatic rings. The lowest BCUT2D eigenvalue weighted by Gasteiger charge is -2.32. The minimum Gasteiger partial charge on any atom is -0.492 e. The zero-order chi connectivity index (χ0) is 26.5. The van der Waals surface area contributed by atoms with Crippen molar-refractivity contribution in [1.29, 1.82) is 0 Å². The second kappa shape index (κ2) is 12.2. The predicted octanol–water partition coefficient (Wildman–Crippen LogP) is 4.57. The fourth-order valence-electron chi connectivity index (χ4n) is 5.46. The first-order valence-electron chi connectivity index (χ1n) is 13.9. The number of piperazine rings is 1. The van der Waals surface area contributed by atoms with Gasteiger partial charge in [-0.25, -0.2) is 0 Å². The van der Waals surface area contributed by atoms with Crippen molar-refractivity contribution < 1.29 is 9.53 Å². The van der Waals surface area contributed by atoms with Crippen LogP contribution in [-0.4, -0.2) is 79.2 Å². The third-order valence-electron chi connectivity index (χ3n) is 7.61. The number of amides is 1. The molecule has 7 nitrogen and oxygen atoms in total. The van der Waals surface area contributed by atoms with Crippen LogP contribution < -0.4 is 15.4 Å². The van der Waals surface area contributed by atoms with Crippen LogP contribution in [0.1, 0.15) is 63.9 Å². The first kappa shape index (κ1) is 27.3. The standard InChI is InChI=1S/C30H45N5O2/c1-7-8-24-17-22(4)32-23(5)28(24)20-31-30(36)27-18-25(19-29-26(27)9-10-35(29)21(2)3)37-16-15-34-13-11-33(6)12-14-34/h9-10,17-19,21,23,32H,7-8,11-16,20H2,1-6H3,(H,31,36). The van der Waals surface area contributed by atoms with Crippen LogP contribution in [0.15, 0.2) is 47.3 Å². The molecule has 37 heavy (non-hydrogen) atoms. The largest absolute Gasteiger partial charge is 0.492 e. The third-order valence-corrected chi connectivity index (χ3v) is 7.61. The van der Waals surface area contributed by atoms with Gasteiger partial charge in [-0.05, 0) is 70.5 Å². The lowest BCUT2D eigenvalue weighted by atomic mass is 9.94. The highest BCUT2D eigenvalue weighted by molar-refractivity contribution is 6.07. The number of likely N-dealkylation sites (N-methyl/N-ethyl adjacent to an activating group) is 1. The highest BCUT2D eigenvalue weighted by Gasteiger charge is 2.21. The number of carbonyl (C=O) groups is 1. The first-order valence-corrected chi connectivity index (χ1v) is 13.9. The highest BCUT2D eigenvalue weighted by atomic mass is 16.5. The summed E-state index contributed by atoms with van der Waals surface area (Å²) < 4.78 is 8.45. The Bertz CT molecular complexity index is 1150. The number of benzene rings is 1. The maximum absolute atomic E-state index is 13.6. The van der Waals surface area contributed by atoms with Crippen molar-refractivity contribution in [2.24, 2.45) is 0 Å². The second-order valence-corrected chi connectivity index (χ2v) is 10.9. The number of aromatic nitrogens is 1. The Morgan fingerprint density at radius 2 is 1.97 bits per heavy atom. The van der Waals surface area contributed by atoms with Crippen LogP contribution >= 0.6 is 0 Å². The van der Waals surface area contributed by atoms with E-state index in [0.717, 1.165) is 62.2 Å². The fourth-order valence-corrected chi connectivity index (χ4v) is 5.46. The molecule has 1 saturated heterocycles. The van der Waals surface area contributed by atoms with Gasteiger partial charge >= 0.3 is 0 Å². The van der Waals surface area contributed by atoms with E-state index in [1.165, 1.54) is 16.8 Å². The number of nitrogens with one attached hydrogen (secondary N) is 2. The van der Waals surface area contributed by atoms with E-state index in [1.807, 2.05) is 6.07 Å². The van der Waals surface area contributed by atoms with Gasteiger partial charge in [0.1, 0.15) is 12.4 Å². The van der Waals surface area contributed by atoms with Crippen molar-refractivity contribution >= 4 is 16.8 Å². The Kier molecular flexibility index (Phi) is 8.98. The maximum atomic E-state index is 13.6. The number of rotatable bonds is 10. The number of hydrogen-bond donors (Lipinski definition) is 2. The molecule has 202 valence electrons. The molecule has 2 aliphatic heterocycles. The number of hydrogen-bond acceptors (Lipinski definition) is 5. The Morgan fingerprint density at radius 3 is 2.68 bits per heavy atom. The molecule has 3 heterocycles. The third kappa shape index (κ3) is 6.57. The summed E-state index contributed by atoms with van der Waals surface area (Å²) in [7, 11) is 2.17. The molecule has 2 N–H and O–H groups in total. The number of dihydropyridines is 1. The quantitative estimate of drug-likeness (QED) is 0.493. The van der Waals surface area contributed by atoms with Crippen LogP contribution in [0.4, 0.5) is 0 Å². The molecule has 1 unspecified atom stereocenters. The smallest absolute Gasteiger partial charge is 0.252 e. The van der Waals surface area contributed by atoms with Crippen molar-refractivity contribution in [3.05, 3.63) is 52.9 Å². The molecule has 0 aliphatic carbocycles. The van der Waals surface area contributed by atoms with E-state index in [0.29, 0.717) is 24.8 Å². The molecule has 0 spiro atoms. The van der Waals surface area contributed by atoms with Crippen LogP contribution in [0.3, 0.4) is 0 Å². The van der Waals surface area contributed by atoms with Gasteiger partial charge in [-0.1, -0.05) is 13.3 Å². The molecular weight excluding hydrogens is 462 g/mol. The Labute approximate surface area is 222 Å². The topological polar surface area (TPSA) is 61.8 Å². The molecule has 0 saturated carbocycles. The summed E-state index contributed by atoms with van der Waals surface area (Å²) in [5.41, 5.74) is 5.49.